The molecule has 0 unspecified atom stereocenters. The van der Waals surface area contributed by atoms with Gasteiger partial charge in [0, 0.05) is 24.7 Å². The third-order valence-corrected chi connectivity index (χ3v) is 2.48. The zero-order chi connectivity index (χ0) is 11.4. The fourth-order valence-electron chi connectivity index (χ4n) is 1.18. The fourth-order valence-corrected chi connectivity index (χ4v) is 1.67. The largest absolute Gasteiger partial charge is 0.303 e. The van der Waals surface area contributed by atoms with Crippen molar-refractivity contribution in [2.24, 2.45) is 5.84 Å². The highest BCUT2D eigenvalue weighted by Gasteiger charge is 2.09. The Kier molecular flexibility index (Phi) is 3.22. The molecule has 0 amide bonds. The first-order chi connectivity index (χ1) is 7.77. The van der Waals surface area contributed by atoms with Gasteiger partial charge >= 0.3 is 5.56 Å². The van der Waals surface area contributed by atoms with Crippen LogP contribution >= 0.6 is 11.7 Å². The summed E-state index contributed by atoms with van der Waals surface area (Å²) >= 11 is 0.977. The SMILES string of the molecule is NN(CCCc1nn[nH]n1)c1ns[nH]c1=O. The van der Waals surface area contributed by atoms with Crippen LogP contribution in [0, 0.1) is 0 Å². The quantitative estimate of drug-likeness (QED) is 0.437. The van der Waals surface area contributed by atoms with E-state index < -0.39 is 0 Å². The molecule has 16 heavy (non-hydrogen) atoms. The predicted molar refractivity (Wildman–Crippen MR) is 56.8 cm³/mol. The Hall–Kier alpha value is -1.81. The maximum absolute atomic E-state index is 11.2. The standard InChI is InChI=1S/C6H10N8OS/c7-14(5-6(15)11-16-10-5)3-1-2-4-8-12-13-9-4/h1-3,7H2,(H,11,15)(H,8,9,12,13). The van der Waals surface area contributed by atoms with Crippen molar-refractivity contribution < 1.29 is 0 Å². The van der Waals surface area contributed by atoms with Crippen LogP contribution in [0.25, 0.3) is 0 Å². The van der Waals surface area contributed by atoms with E-state index in [0.717, 1.165) is 11.7 Å². The van der Waals surface area contributed by atoms with Gasteiger partial charge in [0.1, 0.15) is 0 Å². The predicted octanol–water partition coefficient (Wildman–Crippen LogP) is -1.34. The molecule has 2 aromatic heterocycles. The van der Waals surface area contributed by atoms with E-state index in [1.807, 2.05) is 0 Å². The number of nitrogens with zero attached hydrogens (tertiary/aromatic N) is 5. The molecule has 0 aliphatic carbocycles. The van der Waals surface area contributed by atoms with Crippen LogP contribution < -0.4 is 16.4 Å². The summed E-state index contributed by atoms with van der Waals surface area (Å²) in [5, 5.41) is 14.7. The van der Waals surface area contributed by atoms with Gasteiger partial charge in [-0.2, -0.15) is 9.59 Å². The Balaban J connectivity index is 1.83. The zero-order valence-corrected chi connectivity index (χ0v) is 9.07. The summed E-state index contributed by atoms with van der Waals surface area (Å²) in [5.41, 5.74) is -0.271. The van der Waals surface area contributed by atoms with Gasteiger partial charge in [-0.1, -0.05) is 5.21 Å². The van der Waals surface area contributed by atoms with E-state index in [2.05, 4.69) is 29.4 Å². The Labute approximate surface area is 94.0 Å². The van der Waals surface area contributed by atoms with Crippen LogP contribution in [-0.2, 0) is 6.42 Å². The van der Waals surface area contributed by atoms with Crippen molar-refractivity contribution in [2.75, 3.05) is 11.6 Å². The average Bonchev–Trinajstić information content (AvgIpc) is 2.88. The van der Waals surface area contributed by atoms with Gasteiger partial charge in [0.05, 0.1) is 0 Å². The number of nitrogens with one attached hydrogen (secondary N) is 2. The lowest BCUT2D eigenvalue weighted by Gasteiger charge is -2.12. The van der Waals surface area contributed by atoms with Gasteiger partial charge in [-0.15, -0.1) is 10.2 Å². The molecule has 2 aromatic rings. The molecule has 0 atom stereocenters. The van der Waals surface area contributed by atoms with Crippen molar-refractivity contribution in [3.05, 3.63) is 16.2 Å². The molecule has 86 valence electrons. The van der Waals surface area contributed by atoms with Gasteiger partial charge < -0.3 is 0 Å². The molecule has 2 rings (SSSR count). The smallest absolute Gasteiger partial charge is 0.289 e. The van der Waals surface area contributed by atoms with Gasteiger partial charge in [-0.05, 0) is 6.42 Å². The summed E-state index contributed by atoms with van der Waals surface area (Å²) < 4.78 is 6.32. The second-order valence-electron chi connectivity index (χ2n) is 3.06. The molecule has 10 heteroatoms. The molecule has 0 saturated heterocycles. The van der Waals surface area contributed by atoms with Crippen LogP contribution in [0.15, 0.2) is 4.79 Å². The summed E-state index contributed by atoms with van der Waals surface area (Å²) in [6.07, 6.45) is 1.36. The van der Waals surface area contributed by atoms with Crippen molar-refractivity contribution in [1.82, 2.24) is 29.4 Å². The zero-order valence-electron chi connectivity index (χ0n) is 8.25. The van der Waals surface area contributed by atoms with E-state index >= 15 is 0 Å². The molecule has 0 radical (unpaired) electrons. The molecule has 0 aromatic carbocycles. The van der Waals surface area contributed by atoms with Gasteiger partial charge in [-0.3, -0.25) is 14.2 Å². The molecular formula is C6H10N8OS. The van der Waals surface area contributed by atoms with Gasteiger partial charge in [0.2, 0.25) is 5.82 Å². The molecule has 0 fully saturated rings. The maximum Gasteiger partial charge on any atom is 0.303 e. The second-order valence-corrected chi connectivity index (χ2v) is 3.63. The number of hydrogen-bond acceptors (Lipinski definition) is 8. The molecule has 0 bridgehead atoms. The number of aryl methyl sites for hydroxylation is 1. The van der Waals surface area contributed by atoms with Gasteiger partial charge in [0.25, 0.3) is 0 Å². The first kappa shape index (κ1) is 10.7. The van der Waals surface area contributed by atoms with Crippen LogP contribution in [-0.4, -0.2) is 35.9 Å². The Morgan fingerprint density at radius 1 is 1.50 bits per heavy atom. The lowest BCUT2D eigenvalue weighted by Crippen LogP contribution is -2.35. The molecular weight excluding hydrogens is 232 g/mol. The molecule has 0 spiro atoms. The fraction of sp³-hybridized carbons (Fsp3) is 0.500. The van der Waals surface area contributed by atoms with Crippen molar-refractivity contribution in [2.45, 2.75) is 12.8 Å². The Bertz CT molecular complexity index is 475. The van der Waals surface area contributed by atoms with E-state index in [1.54, 1.807) is 0 Å². The van der Waals surface area contributed by atoms with Crippen LogP contribution in [0.3, 0.4) is 0 Å². The third kappa shape index (κ3) is 2.41. The van der Waals surface area contributed by atoms with Crippen LogP contribution in [0.1, 0.15) is 12.2 Å². The van der Waals surface area contributed by atoms with Crippen LogP contribution in [0.5, 0.6) is 0 Å². The minimum atomic E-state index is -0.271. The van der Waals surface area contributed by atoms with Gasteiger partial charge in [-0.25, -0.2) is 5.84 Å². The number of anilines is 1. The van der Waals surface area contributed by atoms with E-state index in [4.69, 9.17) is 5.84 Å². The Morgan fingerprint density at radius 2 is 2.38 bits per heavy atom. The number of tetrazole rings is 1. The number of hydrogen-bond donors (Lipinski definition) is 3. The first-order valence-electron chi connectivity index (χ1n) is 4.56. The van der Waals surface area contributed by atoms with Crippen molar-refractivity contribution in [3.8, 4) is 0 Å². The number of rotatable bonds is 5. The number of hydrazine groups is 1. The minimum absolute atomic E-state index is 0.234. The number of H-pyrrole nitrogens is 2. The van der Waals surface area contributed by atoms with E-state index in [9.17, 15) is 4.79 Å². The highest BCUT2D eigenvalue weighted by Crippen LogP contribution is 2.01. The number of nitrogens with two attached hydrogens (primary N) is 1. The highest BCUT2D eigenvalue weighted by molar-refractivity contribution is 6.99. The summed E-state index contributed by atoms with van der Waals surface area (Å²) in [6, 6.07) is 0. The van der Waals surface area contributed by atoms with Crippen molar-refractivity contribution in [1.29, 1.82) is 0 Å². The Morgan fingerprint density at radius 3 is 3.00 bits per heavy atom. The average molecular weight is 242 g/mol. The first-order valence-corrected chi connectivity index (χ1v) is 5.33. The summed E-state index contributed by atoms with van der Waals surface area (Å²) in [5.74, 6) is 6.53. The minimum Gasteiger partial charge on any atom is -0.289 e. The van der Waals surface area contributed by atoms with Crippen molar-refractivity contribution in [3.63, 3.8) is 0 Å². The number of aromatic amines is 2. The van der Waals surface area contributed by atoms with Crippen LogP contribution in [0.2, 0.25) is 0 Å². The lowest BCUT2D eigenvalue weighted by atomic mass is 10.3. The third-order valence-electron chi connectivity index (χ3n) is 1.93. The molecule has 2 heterocycles. The molecule has 0 aliphatic rings. The molecule has 0 aliphatic heterocycles. The number of aromatic nitrogens is 6. The van der Waals surface area contributed by atoms with E-state index in [0.29, 0.717) is 25.2 Å². The summed E-state index contributed by atoms with van der Waals surface area (Å²) in [6.45, 7) is 0.501. The lowest BCUT2D eigenvalue weighted by molar-refractivity contribution is 0.722. The summed E-state index contributed by atoms with van der Waals surface area (Å²) in [7, 11) is 0. The molecule has 4 N–H and O–H groups in total. The molecule has 0 saturated carbocycles. The monoisotopic (exact) mass is 242 g/mol. The van der Waals surface area contributed by atoms with E-state index in [-0.39, 0.29) is 11.4 Å². The normalized spacial score (nSPS) is 10.6. The topological polar surface area (TPSA) is 129 Å². The maximum atomic E-state index is 11.2. The van der Waals surface area contributed by atoms with Crippen molar-refractivity contribution >= 4 is 17.5 Å². The molecule has 9 nitrogen and oxygen atoms in total. The van der Waals surface area contributed by atoms with E-state index in [1.165, 1.54) is 5.01 Å². The highest BCUT2D eigenvalue weighted by atomic mass is 32.1. The second kappa shape index (κ2) is 4.81. The summed E-state index contributed by atoms with van der Waals surface area (Å²) in [4.78, 5) is 11.2. The van der Waals surface area contributed by atoms with Crippen LogP contribution in [0.4, 0.5) is 5.82 Å². The van der Waals surface area contributed by atoms with Gasteiger partial charge in [0.15, 0.2) is 5.82 Å².